The van der Waals surface area contributed by atoms with Crippen LogP contribution in [0.25, 0.3) is 0 Å². The molecule has 6 heteroatoms. The quantitative estimate of drug-likeness (QED) is 0.420. The smallest absolute Gasteiger partial charge is 0.279 e. The predicted molar refractivity (Wildman–Crippen MR) is 59.6 cm³/mol. The minimum Gasteiger partial charge on any atom is -0.284 e. The number of amides is 2. The second kappa shape index (κ2) is 4.50. The lowest BCUT2D eigenvalue weighted by Crippen LogP contribution is -2.60. The lowest BCUT2D eigenvalue weighted by atomic mass is 10.2. The lowest BCUT2D eigenvalue weighted by Gasteiger charge is -2.35. The molecule has 1 fully saturated rings. The van der Waals surface area contributed by atoms with Crippen LogP contribution < -0.4 is 5.43 Å². The summed E-state index contributed by atoms with van der Waals surface area (Å²) in [7, 11) is 0. The number of rotatable bonds is 3. The molecule has 82 valence electrons. The zero-order valence-corrected chi connectivity index (χ0v) is 9.56. The molecule has 0 unspecified atom stereocenters. The average molecular weight is 227 g/mol. The second-order valence-corrected chi connectivity index (χ2v) is 3.33. The number of nitrogens with one attached hydrogen (secondary N) is 1. The van der Waals surface area contributed by atoms with Crippen molar-refractivity contribution in [1.29, 1.82) is 0 Å². The molecule has 5 nitrogen and oxygen atoms in total. The van der Waals surface area contributed by atoms with Crippen LogP contribution >= 0.6 is 12.2 Å². The van der Waals surface area contributed by atoms with Crippen LogP contribution in [0.5, 0.6) is 0 Å². The van der Waals surface area contributed by atoms with Crippen LogP contribution in [0.1, 0.15) is 13.8 Å². The Balaban J connectivity index is 3.01. The highest BCUT2D eigenvalue weighted by Crippen LogP contribution is 2.13. The third-order valence-corrected chi connectivity index (χ3v) is 2.42. The van der Waals surface area contributed by atoms with E-state index in [9.17, 15) is 9.59 Å². The molecular formula is C9H13N3O2S. The summed E-state index contributed by atoms with van der Waals surface area (Å²) in [5.74, 6) is -0.891. The van der Waals surface area contributed by atoms with E-state index < -0.39 is 11.8 Å². The van der Waals surface area contributed by atoms with E-state index in [1.165, 1.54) is 9.91 Å². The molecule has 0 radical (unpaired) electrons. The van der Waals surface area contributed by atoms with Crippen molar-refractivity contribution in [3.05, 3.63) is 12.2 Å². The van der Waals surface area contributed by atoms with Gasteiger partial charge in [-0.2, -0.15) is 0 Å². The van der Waals surface area contributed by atoms with Gasteiger partial charge in [-0.15, -0.1) is 0 Å². The number of thiocarbonyl (C=S) groups is 1. The highest BCUT2D eigenvalue weighted by Gasteiger charge is 2.37. The first-order valence-corrected chi connectivity index (χ1v) is 5.08. The average Bonchev–Trinajstić information content (AvgIpc) is 2.22. The first kappa shape index (κ1) is 11.8. The largest absolute Gasteiger partial charge is 0.284 e. The van der Waals surface area contributed by atoms with Gasteiger partial charge in [0.25, 0.3) is 11.8 Å². The standard InChI is InChI=1S/C9H13N3O2S/c1-4-10-12-8(14)6(3)7(13)11(5-2)9(12)15/h10H,3-5H2,1-2H3. The number of hydrogen-bond acceptors (Lipinski definition) is 4. The molecule has 0 saturated carbocycles. The van der Waals surface area contributed by atoms with Gasteiger partial charge in [0.15, 0.2) is 0 Å². The maximum atomic E-state index is 11.6. The van der Waals surface area contributed by atoms with Crippen molar-refractivity contribution in [2.45, 2.75) is 13.8 Å². The number of carbonyl (C=O) groups excluding carboxylic acids is 2. The summed E-state index contributed by atoms with van der Waals surface area (Å²) in [6.45, 7) is 8.06. The molecule has 15 heavy (non-hydrogen) atoms. The Kier molecular flexibility index (Phi) is 3.54. The van der Waals surface area contributed by atoms with Gasteiger partial charge in [0.2, 0.25) is 5.11 Å². The van der Waals surface area contributed by atoms with Gasteiger partial charge in [-0.25, -0.2) is 10.4 Å². The van der Waals surface area contributed by atoms with E-state index >= 15 is 0 Å². The molecule has 0 spiro atoms. The fourth-order valence-corrected chi connectivity index (χ4v) is 1.62. The third kappa shape index (κ3) is 1.91. The maximum absolute atomic E-state index is 11.6. The second-order valence-electron chi connectivity index (χ2n) is 2.96. The van der Waals surface area contributed by atoms with Gasteiger partial charge in [-0.1, -0.05) is 13.5 Å². The monoisotopic (exact) mass is 227 g/mol. The van der Waals surface area contributed by atoms with Crippen molar-refractivity contribution >= 4 is 29.1 Å². The first-order valence-electron chi connectivity index (χ1n) is 4.67. The molecule has 0 bridgehead atoms. The third-order valence-electron chi connectivity index (χ3n) is 2.02. The number of hydrogen-bond donors (Lipinski definition) is 1. The minimum atomic E-state index is -0.475. The van der Waals surface area contributed by atoms with Gasteiger partial charge in [0.1, 0.15) is 0 Å². The molecule has 1 rings (SSSR count). The molecule has 0 aromatic carbocycles. The van der Waals surface area contributed by atoms with Crippen LogP contribution in [-0.4, -0.2) is 39.9 Å². The molecule has 1 saturated heterocycles. The Hall–Kier alpha value is -1.27. The molecule has 0 aliphatic carbocycles. The first-order chi connectivity index (χ1) is 7.04. The number of likely N-dealkylation sites (N-methyl/N-ethyl adjacent to an activating group) is 1. The summed E-state index contributed by atoms with van der Waals surface area (Å²) in [5.41, 5.74) is 2.72. The normalized spacial score (nSPS) is 17.7. The zero-order chi connectivity index (χ0) is 11.6. The van der Waals surface area contributed by atoms with E-state index in [1.54, 1.807) is 6.92 Å². The lowest BCUT2D eigenvalue weighted by molar-refractivity contribution is -0.135. The van der Waals surface area contributed by atoms with Crippen LogP contribution in [-0.2, 0) is 9.59 Å². The number of carbonyl (C=O) groups is 2. The van der Waals surface area contributed by atoms with E-state index in [2.05, 4.69) is 12.0 Å². The molecule has 0 aromatic rings. The molecule has 0 aromatic heterocycles. The Morgan fingerprint density at radius 2 is 1.93 bits per heavy atom. The topological polar surface area (TPSA) is 52.7 Å². The van der Waals surface area contributed by atoms with Gasteiger partial charge in [-0.05, 0) is 19.1 Å². The van der Waals surface area contributed by atoms with Crippen molar-refractivity contribution in [1.82, 2.24) is 15.3 Å². The SMILES string of the molecule is C=C1C(=O)N(CC)C(=S)N(NCC)C1=O. The van der Waals surface area contributed by atoms with E-state index in [4.69, 9.17) is 12.2 Å². The van der Waals surface area contributed by atoms with Crippen molar-refractivity contribution in [3.63, 3.8) is 0 Å². The van der Waals surface area contributed by atoms with Crippen LogP contribution in [0.4, 0.5) is 0 Å². The van der Waals surface area contributed by atoms with E-state index in [0.717, 1.165) is 0 Å². The van der Waals surface area contributed by atoms with Gasteiger partial charge >= 0.3 is 0 Å². The number of nitrogens with zero attached hydrogens (tertiary/aromatic N) is 2. The Labute approximate surface area is 93.7 Å². The molecule has 0 atom stereocenters. The summed E-state index contributed by atoms with van der Waals surface area (Å²) in [6.07, 6.45) is 0. The summed E-state index contributed by atoms with van der Waals surface area (Å²) >= 11 is 5.03. The Bertz CT molecular complexity index is 340. The van der Waals surface area contributed by atoms with Gasteiger partial charge in [0, 0.05) is 13.1 Å². The van der Waals surface area contributed by atoms with Crippen LogP contribution in [0.15, 0.2) is 12.2 Å². The highest BCUT2D eigenvalue weighted by molar-refractivity contribution is 7.80. The maximum Gasteiger partial charge on any atom is 0.279 e. The fourth-order valence-electron chi connectivity index (χ4n) is 1.26. The van der Waals surface area contributed by atoms with E-state index in [-0.39, 0.29) is 10.7 Å². The minimum absolute atomic E-state index is 0.0635. The molecule has 2 amide bonds. The molecule has 1 aliphatic rings. The van der Waals surface area contributed by atoms with Crippen LogP contribution in [0, 0.1) is 0 Å². The van der Waals surface area contributed by atoms with Gasteiger partial charge < -0.3 is 0 Å². The van der Waals surface area contributed by atoms with Crippen molar-refractivity contribution in [3.8, 4) is 0 Å². The van der Waals surface area contributed by atoms with E-state index in [1.807, 2.05) is 6.92 Å². The summed E-state index contributed by atoms with van der Waals surface area (Å²) < 4.78 is 0. The Morgan fingerprint density at radius 1 is 1.33 bits per heavy atom. The fraction of sp³-hybridized carbons (Fsp3) is 0.444. The van der Waals surface area contributed by atoms with E-state index in [0.29, 0.717) is 13.1 Å². The van der Waals surface area contributed by atoms with Crippen LogP contribution in [0.3, 0.4) is 0 Å². The zero-order valence-electron chi connectivity index (χ0n) is 8.74. The Morgan fingerprint density at radius 3 is 2.40 bits per heavy atom. The van der Waals surface area contributed by atoms with Gasteiger partial charge in [0.05, 0.1) is 5.57 Å². The molecule has 1 N–H and O–H groups in total. The highest BCUT2D eigenvalue weighted by atomic mass is 32.1. The summed E-state index contributed by atoms with van der Waals surface area (Å²) in [4.78, 5) is 24.6. The summed E-state index contributed by atoms with van der Waals surface area (Å²) in [6, 6.07) is 0. The molecule has 1 aliphatic heterocycles. The molecule has 1 heterocycles. The molecular weight excluding hydrogens is 214 g/mol. The number of hydrazine groups is 1. The predicted octanol–water partition coefficient (Wildman–Crippen LogP) is 0.0427. The van der Waals surface area contributed by atoms with Crippen molar-refractivity contribution in [2.75, 3.05) is 13.1 Å². The van der Waals surface area contributed by atoms with Crippen molar-refractivity contribution in [2.24, 2.45) is 0 Å². The summed E-state index contributed by atoms with van der Waals surface area (Å²) in [5, 5.41) is 1.37. The van der Waals surface area contributed by atoms with Gasteiger partial charge in [-0.3, -0.25) is 14.5 Å². The van der Waals surface area contributed by atoms with Crippen LogP contribution in [0.2, 0.25) is 0 Å². The van der Waals surface area contributed by atoms with Crippen molar-refractivity contribution < 1.29 is 9.59 Å².